The molecule has 1 amide bonds. The van der Waals surface area contributed by atoms with Crippen molar-refractivity contribution >= 4 is 27.3 Å². The van der Waals surface area contributed by atoms with Crippen molar-refractivity contribution in [3.05, 3.63) is 59.1 Å². The zero-order valence-electron chi connectivity index (χ0n) is 16.0. The van der Waals surface area contributed by atoms with Crippen molar-refractivity contribution in [3.8, 4) is 10.6 Å². The third-order valence-corrected chi connectivity index (χ3v) is 7.74. The minimum absolute atomic E-state index is 0.0390. The lowest BCUT2D eigenvalue weighted by atomic mass is 10.2. The molecule has 0 bridgehead atoms. The van der Waals surface area contributed by atoms with Crippen molar-refractivity contribution in [1.29, 1.82) is 0 Å². The monoisotopic (exact) mass is 470 g/mol. The fourth-order valence-corrected chi connectivity index (χ4v) is 5.36. The van der Waals surface area contributed by atoms with Gasteiger partial charge in [0.15, 0.2) is 5.69 Å². The number of aromatic nitrogens is 2. The number of hydrogen-bond acceptors (Lipinski definition) is 5. The van der Waals surface area contributed by atoms with Gasteiger partial charge in [0.05, 0.1) is 21.0 Å². The lowest BCUT2D eigenvalue weighted by molar-refractivity contribution is -0.137. The largest absolute Gasteiger partial charge is 0.416 e. The second-order valence-corrected chi connectivity index (χ2v) is 9.75. The summed E-state index contributed by atoms with van der Waals surface area (Å²) in [4.78, 5) is 14.9. The minimum Gasteiger partial charge on any atom is -0.335 e. The maximum absolute atomic E-state index is 12.8. The molecule has 3 aromatic rings. The van der Waals surface area contributed by atoms with E-state index in [4.69, 9.17) is 0 Å². The van der Waals surface area contributed by atoms with Crippen LogP contribution in [0.25, 0.3) is 10.6 Å². The molecule has 0 aliphatic carbocycles. The number of nitrogens with zero attached hydrogens (tertiary/aromatic N) is 3. The quantitative estimate of drug-likeness (QED) is 0.634. The van der Waals surface area contributed by atoms with Crippen molar-refractivity contribution in [1.82, 2.24) is 19.4 Å². The van der Waals surface area contributed by atoms with Crippen LogP contribution in [-0.4, -0.2) is 59.9 Å². The van der Waals surface area contributed by atoms with E-state index < -0.39 is 21.8 Å². The van der Waals surface area contributed by atoms with Crippen LogP contribution in [0.1, 0.15) is 16.1 Å². The normalized spacial score (nSPS) is 15.9. The SMILES string of the molecule is O=C(c1cc(-c2cccs2)[nH]n1)N1CCN(S(=O)(=O)c2ccc(C(F)(F)F)cc2)CC1. The second-order valence-electron chi connectivity index (χ2n) is 6.86. The van der Waals surface area contributed by atoms with Crippen molar-refractivity contribution in [2.45, 2.75) is 11.1 Å². The number of amides is 1. The van der Waals surface area contributed by atoms with Gasteiger partial charge in [-0.3, -0.25) is 9.89 Å². The van der Waals surface area contributed by atoms with E-state index in [-0.39, 0.29) is 42.7 Å². The molecule has 164 valence electrons. The molecule has 1 aliphatic heterocycles. The number of halogens is 3. The van der Waals surface area contributed by atoms with E-state index in [0.717, 1.165) is 34.8 Å². The standard InChI is InChI=1S/C19H17F3N4O3S2/c20-19(21,22)13-3-5-14(6-4-13)31(28,29)26-9-7-25(8-10-26)18(27)16-12-15(23-24-16)17-2-1-11-30-17/h1-6,11-12H,7-10H2,(H,23,24). The molecule has 0 unspecified atom stereocenters. The number of hydrogen-bond donors (Lipinski definition) is 1. The molecular weight excluding hydrogens is 453 g/mol. The van der Waals surface area contributed by atoms with Crippen molar-refractivity contribution in [3.63, 3.8) is 0 Å². The van der Waals surface area contributed by atoms with Crippen molar-refractivity contribution < 1.29 is 26.4 Å². The Balaban J connectivity index is 1.41. The van der Waals surface area contributed by atoms with Gasteiger partial charge >= 0.3 is 6.18 Å². The Hall–Kier alpha value is -2.70. The van der Waals surface area contributed by atoms with E-state index in [1.807, 2.05) is 17.5 Å². The van der Waals surface area contributed by atoms with E-state index in [0.29, 0.717) is 0 Å². The number of carbonyl (C=O) groups is 1. The summed E-state index contributed by atoms with van der Waals surface area (Å²) < 4.78 is 64.8. The molecule has 1 aliphatic rings. The molecule has 0 radical (unpaired) electrons. The summed E-state index contributed by atoms with van der Waals surface area (Å²) in [7, 11) is -3.96. The predicted octanol–water partition coefficient (Wildman–Crippen LogP) is 3.30. The molecule has 1 fully saturated rings. The van der Waals surface area contributed by atoms with E-state index in [1.54, 1.807) is 6.07 Å². The summed E-state index contributed by atoms with van der Waals surface area (Å²) in [6.45, 7) is 0.383. The summed E-state index contributed by atoms with van der Waals surface area (Å²) in [5, 5.41) is 8.79. The van der Waals surface area contributed by atoms with E-state index in [9.17, 15) is 26.4 Å². The first kappa shape index (κ1) is 21.5. The fourth-order valence-electron chi connectivity index (χ4n) is 3.25. The minimum atomic E-state index is -4.54. The molecule has 0 spiro atoms. The Bertz CT molecular complexity index is 1160. The first-order valence-corrected chi connectivity index (χ1v) is 11.5. The number of alkyl halides is 3. The number of carbonyl (C=O) groups excluding carboxylic acids is 1. The first-order chi connectivity index (χ1) is 14.7. The average molecular weight is 470 g/mol. The Labute approximate surface area is 180 Å². The van der Waals surface area contributed by atoms with E-state index >= 15 is 0 Å². The Morgan fingerprint density at radius 1 is 1.06 bits per heavy atom. The number of nitrogens with one attached hydrogen (secondary N) is 1. The Morgan fingerprint density at radius 2 is 1.74 bits per heavy atom. The number of rotatable bonds is 4. The highest BCUT2D eigenvalue weighted by Gasteiger charge is 2.33. The van der Waals surface area contributed by atoms with Gasteiger partial charge in [0, 0.05) is 26.2 Å². The third kappa shape index (κ3) is 4.36. The summed E-state index contributed by atoms with van der Waals surface area (Å²) >= 11 is 1.51. The van der Waals surface area contributed by atoms with Crippen LogP contribution < -0.4 is 0 Å². The first-order valence-electron chi connectivity index (χ1n) is 9.22. The molecule has 12 heteroatoms. The van der Waals surface area contributed by atoms with Gasteiger partial charge in [0.25, 0.3) is 5.91 Å². The van der Waals surface area contributed by atoms with Crippen LogP contribution in [0.3, 0.4) is 0 Å². The molecule has 31 heavy (non-hydrogen) atoms. The van der Waals surface area contributed by atoms with Gasteiger partial charge < -0.3 is 4.90 Å². The molecule has 0 atom stereocenters. The van der Waals surface area contributed by atoms with Crippen LogP contribution in [0.2, 0.25) is 0 Å². The highest BCUT2D eigenvalue weighted by atomic mass is 32.2. The molecule has 1 saturated heterocycles. The van der Waals surface area contributed by atoms with Crippen molar-refractivity contribution in [2.75, 3.05) is 26.2 Å². The van der Waals surface area contributed by atoms with Crippen LogP contribution in [0.4, 0.5) is 13.2 Å². The number of aromatic amines is 1. The van der Waals surface area contributed by atoms with Crippen molar-refractivity contribution in [2.24, 2.45) is 0 Å². The number of H-pyrrole nitrogens is 1. The molecule has 0 saturated carbocycles. The Kier molecular flexibility index (Phi) is 5.62. The summed E-state index contributed by atoms with van der Waals surface area (Å²) in [6.07, 6.45) is -4.54. The van der Waals surface area contributed by atoms with Crippen LogP contribution in [0.5, 0.6) is 0 Å². The second kappa shape index (κ2) is 8.09. The molecule has 1 aromatic carbocycles. The van der Waals surface area contributed by atoms with Gasteiger partial charge in [-0.1, -0.05) is 6.07 Å². The van der Waals surface area contributed by atoms with Crippen LogP contribution in [-0.2, 0) is 16.2 Å². The molecule has 2 aromatic heterocycles. The molecule has 4 rings (SSSR count). The van der Waals surface area contributed by atoms with E-state index in [1.165, 1.54) is 20.5 Å². The topological polar surface area (TPSA) is 86.4 Å². The highest BCUT2D eigenvalue weighted by molar-refractivity contribution is 7.89. The maximum atomic E-state index is 12.8. The summed E-state index contributed by atoms with van der Waals surface area (Å²) in [5.74, 6) is -0.314. The van der Waals surface area contributed by atoms with Gasteiger partial charge in [-0.05, 0) is 41.8 Å². The van der Waals surface area contributed by atoms with E-state index in [2.05, 4.69) is 10.2 Å². The highest BCUT2D eigenvalue weighted by Crippen LogP contribution is 2.30. The average Bonchev–Trinajstić information content (AvgIpc) is 3.45. The van der Waals surface area contributed by atoms with Gasteiger partial charge in [-0.25, -0.2) is 8.42 Å². The number of benzene rings is 1. The van der Waals surface area contributed by atoms with Gasteiger partial charge in [0.1, 0.15) is 0 Å². The van der Waals surface area contributed by atoms with Crippen LogP contribution in [0.15, 0.2) is 52.7 Å². The van der Waals surface area contributed by atoms with Crippen LogP contribution in [0, 0.1) is 0 Å². The Morgan fingerprint density at radius 3 is 2.32 bits per heavy atom. The number of thiophene rings is 1. The molecular formula is C19H17F3N4O3S2. The van der Waals surface area contributed by atoms with Gasteiger partial charge in [-0.2, -0.15) is 22.6 Å². The predicted molar refractivity (Wildman–Crippen MR) is 108 cm³/mol. The fraction of sp³-hybridized carbons (Fsp3) is 0.263. The summed E-state index contributed by atoms with van der Waals surface area (Å²) in [6, 6.07) is 8.83. The molecule has 3 heterocycles. The third-order valence-electron chi connectivity index (χ3n) is 4.93. The smallest absolute Gasteiger partial charge is 0.335 e. The van der Waals surface area contributed by atoms with Gasteiger partial charge in [0.2, 0.25) is 10.0 Å². The number of piperazine rings is 1. The van der Waals surface area contributed by atoms with Crippen LogP contribution >= 0.6 is 11.3 Å². The maximum Gasteiger partial charge on any atom is 0.416 e. The lowest BCUT2D eigenvalue weighted by Crippen LogP contribution is -2.50. The zero-order valence-corrected chi connectivity index (χ0v) is 17.6. The lowest BCUT2D eigenvalue weighted by Gasteiger charge is -2.33. The molecule has 7 nitrogen and oxygen atoms in total. The summed E-state index contributed by atoms with van der Waals surface area (Å²) in [5.41, 5.74) is 0.0482. The zero-order chi connectivity index (χ0) is 22.2. The molecule has 1 N–H and O–H groups in total. The number of sulfonamides is 1. The van der Waals surface area contributed by atoms with Gasteiger partial charge in [-0.15, -0.1) is 11.3 Å².